The van der Waals surface area contributed by atoms with E-state index in [1.54, 1.807) is 10.4 Å². The van der Waals surface area contributed by atoms with Gasteiger partial charge < -0.3 is 9.90 Å². The highest BCUT2D eigenvalue weighted by molar-refractivity contribution is 7.91. The van der Waals surface area contributed by atoms with Gasteiger partial charge in [0.15, 0.2) is 0 Å². The van der Waals surface area contributed by atoms with Crippen molar-refractivity contribution in [2.75, 3.05) is 23.7 Å². The maximum Gasteiger partial charge on any atom is 0.302 e. The van der Waals surface area contributed by atoms with Gasteiger partial charge in [0.25, 0.3) is 0 Å². The molecule has 2 N–H and O–H groups in total. The van der Waals surface area contributed by atoms with Gasteiger partial charge in [-0.1, -0.05) is 12.5 Å². The van der Waals surface area contributed by atoms with Crippen molar-refractivity contribution >= 4 is 32.2 Å². The van der Waals surface area contributed by atoms with E-state index in [4.69, 9.17) is 0 Å². The van der Waals surface area contributed by atoms with Gasteiger partial charge in [-0.3, -0.25) is 4.31 Å². The van der Waals surface area contributed by atoms with Crippen molar-refractivity contribution in [1.82, 2.24) is 9.03 Å². The SMILES string of the molecule is CS(=O)(=O)N1CCCCC1CCc1ccc(N2CC(C=O)NS2(=O)=O)c(O)c1. The molecule has 9 nitrogen and oxygen atoms in total. The summed E-state index contributed by atoms with van der Waals surface area (Å²) in [6.07, 6.45) is 5.58. The first-order valence-electron chi connectivity index (χ1n) is 9.16. The summed E-state index contributed by atoms with van der Waals surface area (Å²) in [6.45, 7) is 0.454. The fraction of sp³-hybridized carbons (Fsp3) is 0.588. The van der Waals surface area contributed by atoms with Crippen LogP contribution in [0, 0.1) is 0 Å². The van der Waals surface area contributed by atoms with Crippen LogP contribution >= 0.6 is 0 Å². The van der Waals surface area contributed by atoms with Gasteiger partial charge in [0, 0.05) is 12.6 Å². The third kappa shape index (κ3) is 4.48. The number of piperidine rings is 1. The van der Waals surface area contributed by atoms with Gasteiger partial charge in [0.1, 0.15) is 12.0 Å². The summed E-state index contributed by atoms with van der Waals surface area (Å²) in [4.78, 5) is 10.9. The Morgan fingerprint density at radius 1 is 1.32 bits per heavy atom. The molecule has 28 heavy (non-hydrogen) atoms. The minimum absolute atomic E-state index is 0.0675. The number of nitrogens with zero attached hydrogens (tertiary/aromatic N) is 2. The van der Waals surface area contributed by atoms with Crippen molar-refractivity contribution in [3.8, 4) is 5.75 Å². The number of phenols is 1. The molecule has 0 bridgehead atoms. The first-order chi connectivity index (χ1) is 13.1. The van der Waals surface area contributed by atoms with Crippen molar-refractivity contribution in [2.24, 2.45) is 0 Å². The molecule has 0 amide bonds. The summed E-state index contributed by atoms with van der Waals surface area (Å²) in [6, 6.07) is 3.80. The summed E-state index contributed by atoms with van der Waals surface area (Å²) in [5.74, 6) is -0.196. The molecule has 2 unspecified atom stereocenters. The van der Waals surface area contributed by atoms with Crippen LogP contribution in [-0.2, 0) is 31.4 Å². The van der Waals surface area contributed by atoms with E-state index in [1.807, 2.05) is 0 Å². The van der Waals surface area contributed by atoms with E-state index in [1.165, 1.54) is 18.4 Å². The van der Waals surface area contributed by atoms with Crippen LogP contribution in [0.15, 0.2) is 18.2 Å². The quantitative estimate of drug-likeness (QED) is 0.627. The number of sulfonamides is 1. The van der Waals surface area contributed by atoms with E-state index >= 15 is 0 Å². The van der Waals surface area contributed by atoms with E-state index in [0.29, 0.717) is 25.7 Å². The van der Waals surface area contributed by atoms with Gasteiger partial charge in [-0.15, -0.1) is 0 Å². The second-order valence-corrected chi connectivity index (χ2v) is 10.8. The molecule has 1 aromatic carbocycles. The number of aryl methyl sites for hydroxylation is 1. The van der Waals surface area contributed by atoms with Gasteiger partial charge in [-0.05, 0) is 43.4 Å². The predicted octanol–water partition coefficient (Wildman–Crippen LogP) is 0.361. The summed E-state index contributed by atoms with van der Waals surface area (Å²) < 4.78 is 52.9. The molecule has 2 fully saturated rings. The minimum atomic E-state index is -3.87. The lowest BCUT2D eigenvalue weighted by Gasteiger charge is -2.33. The predicted molar refractivity (Wildman–Crippen MR) is 105 cm³/mol. The Balaban J connectivity index is 1.72. The molecule has 0 aromatic heterocycles. The Morgan fingerprint density at radius 3 is 2.68 bits per heavy atom. The number of anilines is 1. The van der Waals surface area contributed by atoms with Crippen LogP contribution in [0.25, 0.3) is 0 Å². The fourth-order valence-corrected chi connectivity index (χ4v) is 6.46. The number of carbonyl (C=O) groups excluding carboxylic acids is 1. The number of rotatable bonds is 6. The minimum Gasteiger partial charge on any atom is -0.506 e. The van der Waals surface area contributed by atoms with Crippen LogP contribution in [0.5, 0.6) is 5.75 Å². The van der Waals surface area contributed by atoms with Crippen LogP contribution in [0.2, 0.25) is 0 Å². The largest absolute Gasteiger partial charge is 0.506 e. The van der Waals surface area contributed by atoms with Crippen LogP contribution in [-0.4, -0.2) is 64.0 Å². The Kier molecular flexibility index (Phi) is 5.99. The molecule has 0 spiro atoms. The average molecular weight is 432 g/mol. The Labute approximate surface area is 165 Å². The Morgan fingerprint density at radius 2 is 2.07 bits per heavy atom. The number of aromatic hydroxyl groups is 1. The summed E-state index contributed by atoms with van der Waals surface area (Å²) in [5, 5.41) is 10.3. The number of nitrogens with one attached hydrogen (secondary N) is 1. The average Bonchev–Trinajstić information content (AvgIpc) is 2.94. The molecule has 0 radical (unpaired) electrons. The number of aldehydes is 1. The van der Waals surface area contributed by atoms with E-state index < -0.39 is 26.3 Å². The van der Waals surface area contributed by atoms with Crippen molar-refractivity contribution in [1.29, 1.82) is 0 Å². The first kappa shape index (κ1) is 21.0. The standard InChI is InChI=1S/C17H25N3O6S2/c1-27(23,24)19-9-3-2-4-15(19)7-5-13-6-8-16(17(22)10-13)20-11-14(12-21)18-28(20,25)26/h6,8,10,12,14-15,18,22H,2-5,7,9,11H2,1H3. The van der Waals surface area contributed by atoms with E-state index in [2.05, 4.69) is 4.72 Å². The Bertz CT molecular complexity index is 948. The lowest BCUT2D eigenvalue weighted by molar-refractivity contribution is -0.108. The molecule has 2 atom stereocenters. The molecule has 3 rings (SSSR count). The summed E-state index contributed by atoms with van der Waals surface area (Å²) >= 11 is 0. The maximum absolute atomic E-state index is 12.1. The van der Waals surface area contributed by atoms with Gasteiger partial charge in [0.2, 0.25) is 10.0 Å². The number of hydrogen-bond donors (Lipinski definition) is 2. The lowest BCUT2D eigenvalue weighted by atomic mass is 9.97. The first-order valence-corrected chi connectivity index (χ1v) is 12.4. The Hall–Kier alpha value is -1.69. The summed E-state index contributed by atoms with van der Waals surface area (Å²) in [5.41, 5.74) is 0.896. The van der Waals surface area contributed by atoms with Crippen molar-refractivity contribution in [3.05, 3.63) is 23.8 Å². The normalized spacial score (nSPS) is 25.7. The van der Waals surface area contributed by atoms with E-state index in [9.17, 15) is 26.7 Å². The molecule has 2 aliphatic rings. The van der Waals surface area contributed by atoms with Crippen molar-refractivity contribution < 1.29 is 26.7 Å². The molecule has 1 aromatic rings. The number of phenolic OH excluding ortho intramolecular Hbond substituents is 1. The van der Waals surface area contributed by atoms with Crippen LogP contribution in [0.3, 0.4) is 0 Å². The third-order valence-corrected chi connectivity index (χ3v) is 8.05. The zero-order valence-electron chi connectivity index (χ0n) is 15.6. The van der Waals surface area contributed by atoms with Crippen molar-refractivity contribution in [3.63, 3.8) is 0 Å². The molecular formula is C17H25N3O6S2. The third-order valence-electron chi connectivity index (χ3n) is 5.19. The van der Waals surface area contributed by atoms with Gasteiger partial charge >= 0.3 is 10.2 Å². The molecule has 0 aliphatic carbocycles. The maximum atomic E-state index is 12.1. The fourth-order valence-electron chi connectivity index (χ4n) is 3.84. The van der Waals surface area contributed by atoms with Crippen LogP contribution < -0.4 is 9.03 Å². The number of carbonyl (C=O) groups is 1. The number of benzene rings is 1. The number of hydrogen-bond acceptors (Lipinski definition) is 6. The highest BCUT2D eigenvalue weighted by Gasteiger charge is 2.36. The molecule has 2 aliphatic heterocycles. The van der Waals surface area contributed by atoms with E-state index in [0.717, 1.165) is 29.1 Å². The van der Waals surface area contributed by atoms with Crippen LogP contribution in [0.4, 0.5) is 5.69 Å². The molecule has 0 saturated carbocycles. The highest BCUT2D eigenvalue weighted by Crippen LogP contribution is 2.33. The lowest BCUT2D eigenvalue weighted by Crippen LogP contribution is -2.43. The van der Waals surface area contributed by atoms with Crippen molar-refractivity contribution in [2.45, 2.75) is 44.2 Å². The molecule has 2 saturated heterocycles. The smallest absolute Gasteiger partial charge is 0.302 e. The molecule has 156 valence electrons. The zero-order valence-corrected chi connectivity index (χ0v) is 17.2. The molecular weight excluding hydrogens is 406 g/mol. The van der Waals surface area contributed by atoms with Gasteiger partial charge in [0.05, 0.1) is 24.5 Å². The van der Waals surface area contributed by atoms with Crippen LogP contribution in [0.1, 0.15) is 31.2 Å². The monoisotopic (exact) mass is 431 g/mol. The zero-order chi connectivity index (χ0) is 20.5. The highest BCUT2D eigenvalue weighted by atomic mass is 32.2. The second kappa shape index (κ2) is 7.97. The topological polar surface area (TPSA) is 124 Å². The second-order valence-electron chi connectivity index (χ2n) is 7.28. The summed E-state index contributed by atoms with van der Waals surface area (Å²) in [7, 11) is -7.12. The van der Waals surface area contributed by atoms with Gasteiger partial charge in [-0.2, -0.15) is 17.4 Å². The van der Waals surface area contributed by atoms with E-state index in [-0.39, 0.29) is 24.0 Å². The molecule has 2 heterocycles. The van der Waals surface area contributed by atoms with Gasteiger partial charge in [-0.25, -0.2) is 8.42 Å². The molecule has 11 heteroatoms.